The summed E-state index contributed by atoms with van der Waals surface area (Å²) in [4.78, 5) is 37.7. The van der Waals surface area contributed by atoms with Crippen LogP contribution in [0.4, 0.5) is 0 Å². The first kappa shape index (κ1) is 52.2. The molecule has 1 unspecified atom stereocenters. The summed E-state index contributed by atoms with van der Waals surface area (Å²) in [6.07, 6.45) is 46.2. The second kappa shape index (κ2) is 43.9. The van der Waals surface area contributed by atoms with Crippen LogP contribution in [0.2, 0.25) is 0 Å². The third-order valence-corrected chi connectivity index (χ3v) is 10.5. The standard InChI is InChI=1S/C48H90O6/c1-4-7-10-13-16-19-22-23-24-25-26-27-30-32-35-38-41-47(50)53-44-45(54-48(51)42-39-36-33-29-21-18-15-12-9-6-3)43-52-46(49)40-37-34-31-28-20-17-14-11-8-5-2/h15,18,45H,4-14,16-17,19-44H2,1-3H3/b18-15-. The summed E-state index contributed by atoms with van der Waals surface area (Å²) < 4.78 is 16.7. The minimum absolute atomic E-state index is 0.0701. The SMILES string of the molecule is CCCC/C=C\CCCCCCC(=O)OC(COC(=O)CCCCCCCCCCCC)COC(=O)CCCCCCCCCCCCCCCCCC. The largest absolute Gasteiger partial charge is 0.462 e. The molecule has 0 rings (SSSR count). The molecular formula is C48H90O6. The van der Waals surface area contributed by atoms with Crippen LogP contribution in [0, 0.1) is 0 Å². The van der Waals surface area contributed by atoms with Gasteiger partial charge in [0.15, 0.2) is 6.10 Å². The molecule has 0 N–H and O–H groups in total. The maximum Gasteiger partial charge on any atom is 0.306 e. The molecule has 0 fully saturated rings. The van der Waals surface area contributed by atoms with Crippen molar-refractivity contribution in [3.8, 4) is 0 Å². The molecule has 0 aromatic rings. The quantitative estimate of drug-likeness (QED) is 0.0266. The van der Waals surface area contributed by atoms with Gasteiger partial charge in [0, 0.05) is 19.3 Å². The van der Waals surface area contributed by atoms with Crippen molar-refractivity contribution < 1.29 is 28.6 Å². The van der Waals surface area contributed by atoms with Crippen LogP contribution in [-0.4, -0.2) is 37.2 Å². The molecule has 0 saturated carbocycles. The molecule has 6 heteroatoms. The highest BCUT2D eigenvalue weighted by molar-refractivity contribution is 5.71. The normalized spacial score (nSPS) is 12.0. The van der Waals surface area contributed by atoms with E-state index in [2.05, 4.69) is 32.9 Å². The van der Waals surface area contributed by atoms with Crippen molar-refractivity contribution in [2.24, 2.45) is 0 Å². The van der Waals surface area contributed by atoms with Gasteiger partial charge in [-0.2, -0.15) is 0 Å². The first-order valence-electron chi connectivity index (χ1n) is 23.7. The Labute approximate surface area is 335 Å². The third kappa shape index (κ3) is 41.3. The maximum atomic E-state index is 12.7. The second-order valence-corrected chi connectivity index (χ2v) is 16.0. The lowest BCUT2D eigenvalue weighted by Crippen LogP contribution is -2.30. The van der Waals surface area contributed by atoms with Gasteiger partial charge in [-0.15, -0.1) is 0 Å². The van der Waals surface area contributed by atoms with Crippen molar-refractivity contribution in [3.63, 3.8) is 0 Å². The van der Waals surface area contributed by atoms with Crippen molar-refractivity contribution in [2.45, 2.75) is 264 Å². The number of esters is 3. The lowest BCUT2D eigenvalue weighted by molar-refractivity contribution is -0.167. The summed E-state index contributed by atoms with van der Waals surface area (Å²) in [5, 5.41) is 0. The summed E-state index contributed by atoms with van der Waals surface area (Å²) >= 11 is 0. The molecule has 54 heavy (non-hydrogen) atoms. The van der Waals surface area contributed by atoms with E-state index in [9.17, 15) is 14.4 Å². The summed E-state index contributed by atoms with van der Waals surface area (Å²) in [5.74, 6) is -0.875. The first-order valence-corrected chi connectivity index (χ1v) is 23.7. The average molecular weight is 763 g/mol. The summed E-state index contributed by atoms with van der Waals surface area (Å²) in [5.41, 5.74) is 0. The Morgan fingerprint density at radius 3 is 0.981 bits per heavy atom. The van der Waals surface area contributed by atoms with Gasteiger partial charge in [-0.25, -0.2) is 0 Å². The van der Waals surface area contributed by atoms with E-state index >= 15 is 0 Å². The fourth-order valence-corrected chi connectivity index (χ4v) is 6.89. The summed E-state index contributed by atoms with van der Waals surface area (Å²) in [6, 6.07) is 0. The molecule has 0 aromatic carbocycles. The predicted molar refractivity (Wildman–Crippen MR) is 229 cm³/mol. The van der Waals surface area contributed by atoms with Crippen molar-refractivity contribution >= 4 is 17.9 Å². The molecule has 0 aliphatic heterocycles. The van der Waals surface area contributed by atoms with Crippen LogP contribution < -0.4 is 0 Å². The number of allylic oxidation sites excluding steroid dienone is 2. The van der Waals surface area contributed by atoms with Crippen molar-refractivity contribution in [1.29, 1.82) is 0 Å². The fourth-order valence-electron chi connectivity index (χ4n) is 6.89. The van der Waals surface area contributed by atoms with E-state index in [1.54, 1.807) is 0 Å². The van der Waals surface area contributed by atoms with Gasteiger partial charge < -0.3 is 14.2 Å². The van der Waals surface area contributed by atoms with Crippen LogP contribution in [0.3, 0.4) is 0 Å². The van der Waals surface area contributed by atoms with Gasteiger partial charge >= 0.3 is 17.9 Å². The summed E-state index contributed by atoms with van der Waals surface area (Å²) in [7, 11) is 0. The van der Waals surface area contributed by atoms with Crippen molar-refractivity contribution in [2.75, 3.05) is 13.2 Å². The Hall–Kier alpha value is -1.85. The number of unbranched alkanes of at least 4 members (excludes halogenated alkanes) is 30. The van der Waals surface area contributed by atoms with Crippen LogP contribution in [0.25, 0.3) is 0 Å². The molecule has 0 saturated heterocycles. The van der Waals surface area contributed by atoms with E-state index in [-0.39, 0.29) is 31.1 Å². The van der Waals surface area contributed by atoms with Gasteiger partial charge in [0.1, 0.15) is 13.2 Å². The molecule has 0 spiro atoms. The minimum Gasteiger partial charge on any atom is -0.462 e. The number of rotatable bonds is 43. The molecule has 0 amide bonds. The molecule has 0 heterocycles. The molecule has 0 aliphatic rings. The van der Waals surface area contributed by atoms with Crippen LogP contribution in [0.1, 0.15) is 258 Å². The Kier molecular flexibility index (Phi) is 42.4. The number of carbonyl (C=O) groups excluding carboxylic acids is 3. The van der Waals surface area contributed by atoms with E-state index in [4.69, 9.17) is 14.2 Å². The van der Waals surface area contributed by atoms with Gasteiger partial charge in [-0.3, -0.25) is 14.4 Å². The van der Waals surface area contributed by atoms with Crippen LogP contribution >= 0.6 is 0 Å². The Bertz CT molecular complexity index is 839. The van der Waals surface area contributed by atoms with E-state index in [0.29, 0.717) is 19.3 Å². The van der Waals surface area contributed by atoms with Gasteiger partial charge in [0.25, 0.3) is 0 Å². The molecule has 0 radical (unpaired) electrons. The zero-order chi connectivity index (χ0) is 39.4. The molecule has 0 aliphatic carbocycles. The Morgan fingerprint density at radius 2 is 0.630 bits per heavy atom. The maximum absolute atomic E-state index is 12.7. The summed E-state index contributed by atoms with van der Waals surface area (Å²) in [6.45, 7) is 6.59. The smallest absolute Gasteiger partial charge is 0.306 e. The predicted octanol–water partition coefficient (Wildman–Crippen LogP) is 15.0. The number of ether oxygens (including phenoxy) is 3. The zero-order valence-electron chi connectivity index (χ0n) is 36.3. The highest BCUT2D eigenvalue weighted by Crippen LogP contribution is 2.16. The Balaban J connectivity index is 4.28. The van der Waals surface area contributed by atoms with Crippen LogP contribution in [0.15, 0.2) is 12.2 Å². The fraction of sp³-hybridized carbons (Fsp3) is 0.896. The Morgan fingerprint density at radius 1 is 0.352 bits per heavy atom. The number of hydrogen-bond donors (Lipinski definition) is 0. The van der Waals surface area contributed by atoms with E-state index in [1.165, 1.54) is 141 Å². The topological polar surface area (TPSA) is 78.9 Å². The van der Waals surface area contributed by atoms with Gasteiger partial charge in [0.05, 0.1) is 0 Å². The minimum atomic E-state index is -0.767. The van der Waals surface area contributed by atoms with E-state index in [0.717, 1.165) is 77.0 Å². The monoisotopic (exact) mass is 763 g/mol. The molecule has 1 atom stereocenters. The molecule has 0 aromatic heterocycles. The number of hydrogen-bond acceptors (Lipinski definition) is 6. The molecule has 6 nitrogen and oxygen atoms in total. The molecular weight excluding hydrogens is 673 g/mol. The van der Waals surface area contributed by atoms with Crippen molar-refractivity contribution in [1.82, 2.24) is 0 Å². The van der Waals surface area contributed by atoms with Crippen LogP contribution in [-0.2, 0) is 28.6 Å². The highest BCUT2D eigenvalue weighted by Gasteiger charge is 2.19. The zero-order valence-corrected chi connectivity index (χ0v) is 36.3. The lowest BCUT2D eigenvalue weighted by atomic mass is 10.0. The van der Waals surface area contributed by atoms with E-state index in [1.807, 2.05) is 0 Å². The van der Waals surface area contributed by atoms with E-state index < -0.39 is 6.10 Å². The lowest BCUT2D eigenvalue weighted by Gasteiger charge is -2.18. The third-order valence-electron chi connectivity index (χ3n) is 10.5. The van der Waals surface area contributed by atoms with Gasteiger partial charge in [-0.1, -0.05) is 213 Å². The molecule has 318 valence electrons. The first-order chi connectivity index (χ1) is 26.5. The second-order valence-electron chi connectivity index (χ2n) is 16.0. The van der Waals surface area contributed by atoms with Crippen molar-refractivity contribution in [3.05, 3.63) is 12.2 Å². The highest BCUT2D eigenvalue weighted by atomic mass is 16.6. The van der Waals surface area contributed by atoms with Crippen LogP contribution in [0.5, 0.6) is 0 Å². The average Bonchev–Trinajstić information content (AvgIpc) is 3.17. The van der Waals surface area contributed by atoms with Gasteiger partial charge in [-0.05, 0) is 38.5 Å². The molecule has 0 bridgehead atoms. The number of carbonyl (C=O) groups is 3. The van der Waals surface area contributed by atoms with Gasteiger partial charge in [0.2, 0.25) is 0 Å².